The zero-order chi connectivity index (χ0) is 24.4. The van der Waals surface area contributed by atoms with E-state index in [0.29, 0.717) is 10.8 Å². The molecule has 0 radical (unpaired) electrons. The van der Waals surface area contributed by atoms with Crippen LogP contribution in [-0.4, -0.2) is 49.1 Å². The highest BCUT2D eigenvalue weighted by Gasteiger charge is 2.48. The molecule has 1 aromatic heterocycles. The minimum Gasteiger partial charge on any atom is -0.461 e. The quantitative estimate of drug-likeness (QED) is 0.237. The number of benzene rings is 2. The largest absolute Gasteiger partial charge is 0.461 e. The second kappa shape index (κ2) is 9.52. The van der Waals surface area contributed by atoms with E-state index in [0.717, 1.165) is 5.39 Å². The Hall–Kier alpha value is -3.92. The SMILES string of the molecule is CC(=O)O[C@@H]1[C@@H](Oc2ccc3c(c2)oc(=O)c2ccccc23)OC[C@H](OC(C)=O)[C@H]1OC(C)=O. The summed E-state index contributed by atoms with van der Waals surface area (Å²) in [7, 11) is 0. The van der Waals surface area contributed by atoms with Crippen molar-refractivity contribution in [2.24, 2.45) is 0 Å². The molecule has 0 unspecified atom stereocenters. The summed E-state index contributed by atoms with van der Waals surface area (Å²) in [6.07, 6.45) is -4.61. The molecular weight excluding hydrogens is 448 g/mol. The fourth-order valence-electron chi connectivity index (χ4n) is 3.88. The molecule has 34 heavy (non-hydrogen) atoms. The summed E-state index contributed by atoms with van der Waals surface area (Å²) in [4.78, 5) is 47.3. The number of esters is 3. The van der Waals surface area contributed by atoms with Gasteiger partial charge in [-0.05, 0) is 23.6 Å². The van der Waals surface area contributed by atoms with Crippen LogP contribution in [0.15, 0.2) is 51.7 Å². The summed E-state index contributed by atoms with van der Waals surface area (Å²) in [5, 5.41) is 1.89. The van der Waals surface area contributed by atoms with Crippen LogP contribution in [0, 0.1) is 0 Å². The molecule has 0 N–H and O–H groups in total. The molecule has 0 amide bonds. The molecule has 0 aliphatic carbocycles. The summed E-state index contributed by atoms with van der Waals surface area (Å²) >= 11 is 0. The number of hydrogen-bond donors (Lipinski definition) is 0. The van der Waals surface area contributed by atoms with Gasteiger partial charge in [-0.15, -0.1) is 0 Å². The van der Waals surface area contributed by atoms with E-state index >= 15 is 0 Å². The maximum Gasteiger partial charge on any atom is 0.344 e. The summed E-state index contributed by atoms with van der Waals surface area (Å²) in [5.41, 5.74) is -0.207. The Labute approximate surface area is 193 Å². The van der Waals surface area contributed by atoms with Gasteiger partial charge in [0.1, 0.15) is 11.3 Å². The second-order valence-electron chi connectivity index (χ2n) is 7.71. The standard InChI is InChI=1S/C24H22O10/c1-12(25)30-20-11-29-24(22(32-14(3)27)21(20)31-13(2)26)33-15-8-9-17-16-6-4-5-7-18(16)23(28)34-19(17)10-15/h4-10,20-22,24H,11H2,1-3H3/t20-,21+,22-,24+/m0/s1. The van der Waals surface area contributed by atoms with Gasteiger partial charge in [-0.1, -0.05) is 18.2 Å². The summed E-state index contributed by atoms with van der Waals surface area (Å²) in [6, 6.07) is 11.9. The molecule has 178 valence electrons. The Morgan fingerprint density at radius 3 is 2.15 bits per heavy atom. The predicted octanol–water partition coefficient (Wildman–Crippen LogP) is 2.48. The summed E-state index contributed by atoms with van der Waals surface area (Å²) < 4.78 is 32.8. The Morgan fingerprint density at radius 2 is 1.47 bits per heavy atom. The van der Waals surface area contributed by atoms with Crippen molar-refractivity contribution in [2.45, 2.75) is 45.4 Å². The van der Waals surface area contributed by atoms with Crippen molar-refractivity contribution in [3.05, 3.63) is 52.9 Å². The van der Waals surface area contributed by atoms with Crippen LogP contribution in [0.25, 0.3) is 21.7 Å². The van der Waals surface area contributed by atoms with Gasteiger partial charge in [0, 0.05) is 32.2 Å². The van der Waals surface area contributed by atoms with Crippen molar-refractivity contribution in [3.63, 3.8) is 0 Å². The molecule has 0 saturated carbocycles. The van der Waals surface area contributed by atoms with Crippen LogP contribution < -0.4 is 10.4 Å². The highest BCUT2D eigenvalue weighted by atomic mass is 16.7. The first-order valence-corrected chi connectivity index (χ1v) is 10.5. The molecule has 1 aliphatic rings. The van der Waals surface area contributed by atoms with Crippen molar-refractivity contribution in [2.75, 3.05) is 6.61 Å². The molecule has 4 atom stereocenters. The predicted molar refractivity (Wildman–Crippen MR) is 117 cm³/mol. The lowest BCUT2D eigenvalue weighted by Crippen LogP contribution is -2.59. The van der Waals surface area contributed by atoms with Gasteiger partial charge in [-0.3, -0.25) is 14.4 Å². The molecular formula is C24H22O10. The highest BCUT2D eigenvalue weighted by Crippen LogP contribution is 2.30. The third kappa shape index (κ3) is 4.86. The number of hydrogen-bond acceptors (Lipinski definition) is 10. The first kappa shape index (κ1) is 23.2. The molecule has 3 aromatic rings. The van der Waals surface area contributed by atoms with E-state index in [1.807, 2.05) is 12.1 Å². The number of fused-ring (bicyclic) bond motifs is 3. The Bertz CT molecular complexity index is 1310. The van der Waals surface area contributed by atoms with E-state index in [1.165, 1.54) is 26.8 Å². The minimum absolute atomic E-state index is 0.173. The van der Waals surface area contributed by atoms with Crippen LogP contribution in [0.2, 0.25) is 0 Å². The Morgan fingerprint density at radius 1 is 0.824 bits per heavy atom. The fourth-order valence-corrected chi connectivity index (χ4v) is 3.88. The first-order valence-electron chi connectivity index (χ1n) is 10.5. The molecule has 1 aliphatic heterocycles. The van der Waals surface area contributed by atoms with Gasteiger partial charge >= 0.3 is 23.5 Å². The third-order valence-corrected chi connectivity index (χ3v) is 5.15. The van der Waals surface area contributed by atoms with Gasteiger partial charge in [0.05, 0.1) is 12.0 Å². The van der Waals surface area contributed by atoms with Gasteiger partial charge in [-0.2, -0.15) is 0 Å². The molecule has 2 aromatic carbocycles. The first-order chi connectivity index (χ1) is 16.2. The molecule has 4 rings (SSSR count). The number of carbonyl (C=O) groups excluding carboxylic acids is 3. The van der Waals surface area contributed by atoms with E-state index in [-0.39, 0.29) is 17.9 Å². The van der Waals surface area contributed by atoms with Crippen molar-refractivity contribution in [1.29, 1.82) is 0 Å². The molecule has 2 heterocycles. The van der Waals surface area contributed by atoms with Gasteiger partial charge in [0.25, 0.3) is 0 Å². The molecule has 10 nitrogen and oxygen atoms in total. The van der Waals surface area contributed by atoms with Crippen LogP contribution in [0.5, 0.6) is 5.75 Å². The zero-order valence-electron chi connectivity index (χ0n) is 18.6. The topological polar surface area (TPSA) is 128 Å². The minimum atomic E-state index is -1.24. The monoisotopic (exact) mass is 470 g/mol. The van der Waals surface area contributed by atoms with Crippen molar-refractivity contribution >= 4 is 39.6 Å². The average Bonchev–Trinajstić information content (AvgIpc) is 2.77. The molecule has 0 spiro atoms. The Kier molecular flexibility index (Phi) is 6.51. The smallest absolute Gasteiger partial charge is 0.344 e. The maximum atomic E-state index is 12.4. The van der Waals surface area contributed by atoms with E-state index in [9.17, 15) is 19.2 Å². The number of ether oxygens (including phenoxy) is 5. The second-order valence-corrected chi connectivity index (χ2v) is 7.71. The Balaban J connectivity index is 1.67. The number of carbonyl (C=O) groups is 3. The fraction of sp³-hybridized carbons (Fsp3) is 0.333. The van der Waals surface area contributed by atoms with Crippen LogP contribution in [-0.2, 0) is 33.3 Å². The summed E-state index contributed by atoms with van der Waals surface area (Å²) in [5.74, 6) is -1.72. The van der Waals surface area contributed by atoms with E-state index in [2.05, 4.69) is 0 Å². The molecule has 1 saturated heterocycles. The van der Waals surface area contributed by atoms with Crippen LogP contribution in [0.4, 0.5) is 0 Å². The highest BCUT2D eigenvalue weighted by molar-refractivity contribution is 6.04. The normalized spacial score (nSPS) is 22.2. The van der Waals surface area contributed by atoms with Gasteiger partial charge < -0.3 is 28.1 Å². The molecule has 1 fully saturated rings. The van der Waals surface area contributed by atoms with Gasteiger partial charge in [0.2, 0.25) is 12.4 Å². The zero-order valence-corrected chi connectivity index (χ0v) is 18.6. The lowest BCUT2D eigenvalue weighted by Gasteiger charge is -2.40. The summed E-state index contributed by atoms with van der Waals surface area (Å²) in [6.45, 7) is 3.37. The molecule has 10 heteroatoms. The van der Waals surface area contributed by atoms with Gasteiger partial charge in [-0.25, -0.2) is 4.79 Å². The lowest BCUT2D eigenvalue weighted by atomic mass is 10.0. The van der Waals surface area contributed by atoms with Crippen molar-refractivity contribution in [1.82, 2.24) is 0 Å². The van der Waals surface area contributed by atoms with Crippen molar-refractivity contribution in [3.8, 4) is 5.75 Å². The van der Waals surface area contributed by atoms with Crippen molar-refractivity contribution < 1.29 is 42.5 Å². The van der Waals surface area contributed by atoms with Crippen LogP contribution >= 0.6 is 0 Å². The average molecular weight is 470 g/mol. The van der Waals surface area contributed by atoms with Gasteiger partial charge in [0.15, 0.2) is 12.2 Å². The number of rotatable bonds is 5. The van der Waals surface area contributed by atoms with Crippen LogP contribution in [0.3, 0.4) is 0 Å². The van der Waals surface area contributed by atoms with E-state index in [4.69, 9.17) is 28.1 Å². The lowest BCUT2D eigenvalue weighted by molar-refractivity contribution is -0.259. The van der Waals surface area contributed by atoms with E-state index < -0.39 is 48.1 Å². The van der Waals surface area contributed by atoms with Crippen LogP contribution in [0.1, 0.15) is 20.8 Å². The third-order valence-electron chi connectivity index (χ3n) is 5.15. The molecule has 0 bridgehead atoms. The van der Waals surface area contributed by atoms with E-state index in [1.54, 1.807) is 24.3 Å². The maximum absolute atomic E-state index is 12.4.